The normalized spacial score (nSPS) is 10.8. The molecule has 0 amide bonds. The Kier molecular flexibility index (Phi) is 2.33. The molecule has 1 N–H and O–H groups in total. The minimum Gasteiger partial charge on any atom is -0.360 e. The molecular formula is C9H4BrClFNO. The van der Waals surface area contributed by atoms with E-state index in [0.717, 1.165) is 0 Å². The van der Waals surface area contributed by atoms with Gasteiger partial charge in [0.1, 0.15) is 5.82 Å². The maximum atomic E-state index is 13.0. The van der Waals surface area contributed by atoms with Gasteiger partial charge in [-0.2, -0.15) is 0 Å². The summed E-state index contributed by atoms with van der Waals surface area (Å²) in [5.41, 5.74) is 0.223. The van der Waals surface area contributed by atoms with Gasteiger partial charge in [0.25, 0.3) is 0 Å². The van der Waals surface area contributed by atoms with Crippen molar-refractivity contribution in [2.45, 2.75) is 0 Å². The Labute approximate surface area is 91.8 Å². The number of nitrogens with one attached hydrogen (secondary N) is 1. The number of hydrogen-bond acceptors (Lipinski definition) is 1. The zero-order valence-electron chi connectivity index (χ0n) is 6.77. The molecule has 0 fully saturated rings. The Balaban J connectivity index is 2.97. The van der Waals surface area contributed by atoms with E-state index in [9.17, 15) is 9.18 Å². The number of H-pyrrole nitrogens is 1. The summed E-state index contributed by atoms with van der Waals surface area (Å²) in [5, 5.41) is 0.312. The zero-order chi connectivity index (χ0) is 10.3. The van der Waals surface area contributed by atoms with Crippen LogP contribution >= 0.6 is 27.5 Å². The molecule has 0 saturated carbocycles. The van der Waals surface area contributed by atoms with E-state index in [1.165, 1.54) is 18.3 Å². The second-order valence-electron chi connectivity index (χ2n) is 2.78. The zero-order valence-corrected chi connectivity index (χ0v) is 9.12. The summed E-state index contributed by atoms with van der Waals surface area (Å²) >= 11 is 8.65. The van der Waals surface area contributed by atoms with Crippen LogP contribution in [0, 0.1) is 5.82 Å². The average Bonchev–Trinajstić information content (AvgIpc) is 2.15. The molecular weight excluding hydrogens is 272 g/mol. The Morgan fingerprint density at radius 2 is 2.14 bits per heavy atom. The lowest BCUT2D eigenvalue weighted by Crippen LogP contribution is -2.03. The van der Waals surface area contributed by atoms with Crippen molar-refractivity contribution < 1.29 is 4.39 Å². The highest BCUT2D eigenvalue weighted by atomic mass is 79.9. The predicted octanol–water partition coefficient (Wildman–Crippen LogP) is 3.08. The molecule has 0 radical (unpaired) electrons. The molecule has 1 aromatic heterocycles. The van der Waals surface area contributed by atoms with Gasteiger partial charge in [0.15, 0.2) is 0 Å². The lowest BCUT2D eigenvalue weighted by atomic mass is 10.2. The average molecular weight is 276 g/mol. The molecule has 0 aliphatic rings. The fraction of sp³-hybridized carbons (Fsp3) is 0. The number of rotatable bonds is 0. The predicted molar refractivity (Wildman–Crippen MR) is 57.2 cm³/mol. The van der Waals surface area contributed by atoms with Crippen molar-refractivity contribution in [1.82, 2.24) is 4.98 Å². The van der Waals surface area contributed by atoms with Crippen LogP contribution in [0.3, 0.4) is 0 Å². The highest BCUT2D eigenvalue weighted by molar-refractivity contribution is 9.10. The van der Waals surface area contributed by atoms with Crippen molar-refractivity contribution in [1.29, 1.82) is 0 Å². The molecule has 0 unspecified atom stereocenters. The lowest BCUT2D eigenvalue weighted by molar-refractivity contribution is 0.630. The van der Waals surface area contributed by atoms with Crippen molar-refractivity contribution in [2.75, 3.05) is 0 Å². The van der Waals surface area contributed by atoms with Crippen molar-refractivity contribution in [3.8, 4) is 0 Å². The molecule has 2 aromatic rings. The van der Waals surface area contributed by atoms with E-state index in [0.29, 0.717) is 15.4 Å². The van der Waals surface area contributed by atoms with E-state index in [1.807, 2.05) is 0 Å². The first-order valence-electron chi connectivity index (χ1n) is 3.75. The summed E-state index contributed by atoms with van der Waals surface area (Å²) in [4.78, 5) is 14.3. The molecule has 0 aliphatic heterocycles. The summed E-state index contributed by atoms with van der Waals surface area (Å²) in [5.74, 6) is -0.544. The van der Waals surface area contributed by atoms with E-state index < -0.39 is 5.82 Å². The molecule has 0 atom stereocenters. The molecule has 0 aliphatic carbocycles. The largest absolute Gasteiger partial charge is 0.360 e. The first kappa shape index (κ1) is 9.68. The lowest BCUT2D eigenvalue weighted by Gasteiger charge is -2.00. The van der Waals surface area contributed by atoms with Gasteiger partial charge in [-0.05, 0) is 28.1 Å². The number of pyridine rings is 1. The molecule has 1 aromatic carbocycles. The van der Waals surface area contributed by atoms with Crippen LogP contribution < -0.4 is 5.43 Å². The summed E-state index contributed by atoms with van der Waals surface area (Å²) in [6, 6.07) is 2.52. The molecule has 72 valence electrons. The van der Waals surface area contributed by atoms with Crippen LogP contribution in [-0.4, -0.2) is 4.98 Å². The second-order valence-corrected chi connectivity index (χ2v) is 4.04. The molecule has 5 heteroatoms. The van der Waals surface area contributed by atoms with Crippen LogP contribution in [0.2, 0.25) is 5.02 Å². The Morgan fingerprint density at radius 3 is 2.86 bits per heavy atom. The van der Waals surface area contributed by atoms with Gasteiger partial charge in [-0.15, -0.1) is 0 Å². The summed E-state index contributed by atoms with van der Waals surface area (Å²) in [7, 11) is 0. The van der Waals surface area contributed by atoms with Gasteiger partial charge < -0.3 is 4.98 Å². The van der Waals surface area contributed by atoms with Crippen LogP contribution in [0.15, 0.2) is 27.6 Å². The van der Waals surface area contributed by atoms with E-state index in [1.54, 1.807) is 0 Å². The van der Waals surface area contributed by atoms with Gasteiger partial charge in [-0.3, -0.25) is 4.79 Å². The second kappa shape index (κ2) is 3.37. The fourth-order valence-corrected chi connectivity index (χ4v) is 1.68. The third-order valence-corrected chi connectivity index (χ3v) is 2.76. The Bertz CT molecular complexity index is 566. The highest BCUT2D eigenvalue weighted by Crippen LogP contribution is 2.20. The smallest absolute Gasteiger partial charge is 0.203 e. The van der Waals surface area contributed by atoms with Crippen LogP contribution in [0.25, 0.3) is 10.9 Å². The molecule has 0 bridgehead atoms. The van der Waals surface area contributed by atoms with E-state index in [4.69, 9.17) is 11.6 Å². The number of hydrogen-bond donors (Lipinski definition) is 1. The monoisotopic (exact) mass is 275 g/mol. The van der Waals surface area contributed by atoms with E-state index in [-0.39, 0.29) is 10.5 Å². The Morgan fingerprint density at radius 1 is 1.43 bits per heavy atom. The Hall–Kier alpha value is -0.870. The number of aromatic amines is 1. The quantitative estimate of drug-likeness (QED) is 0.788. The van der Waals surface area contributed by atoms with Gasteiger partial charge in [0, 0.05) is 11.6 Å². The first-order valence-corrected chi connectivity index (χ1v) is 4.92. The van der Waals surface area contributed by atoms with Gasteiger partial charge in [-0.1, -0.05) is 11.6 Å². The maximum absolute atomic E-state index is 13.0. The van der Waals surface area contributed by atoms with E-state index >= 15 is 0 Å². The third kappa shape index (κ3) is 1.44. The maximum Gasteiger partial charge on any atom is 0.203 e. The topological polar surface area (TPSA) is 32.9 Å². The van der Waals surface area contributed by atoms with Crippen LogP contribution in [-0.2, 0) is 0 Å². The van der Waals surface area contributed by atoms with Crippen LogP contribution in [0.5, 0.6) is 0 Å². The summed E-state index contributed by atoms with van der Waals surface area (Å²) in [6.45, 7) is 0. The number of fused-ring (bicyclic) bond motifs is 1. The molecule has 2 nitrogen and oxygen atoms in total. The van der Waals surface area contributed by atoms with Crippen LogP contribution in [0.1, 0.15) is 0 Å². The minimum atomic E-state index is -0.544. The number of aromatic nitrogens is 1. The standard InChI is InChI=1S/C9H4BrClFNO/c10-5-3-13-8-2-7(12)6(11)1-4(8)9(5)14/h1-3H,(H,13,14). The van der Waals surface area contributed by atoms with Gasteiger partial charge in [0.05, 0.1) is 15.0 Å². The van der Waals surface area contributed by atoms with Gasteiger partial charge >= 0.3 is 0 Å². The van der Waals surface area contributed by atoms with E-state index in [2.05, 4.69) is 20.9 Å². The number of halogens is 3. The molecule has 1 heterocycles. The molecule has 2 rings (SSSR count). The molecule has 0 spiro atoms. The van der Waals surface area contributed by atoms with Crippen LogP contribution in [0.4, 0.5) is 4.39 Å². The van der Waals surface area contributed by atoms with Gasteiger partial charge in [-0.25, -0.2) is 4.39 Å². The molecule has 14 heavy (non-hydrogen) atoms. The van der Waals surface area contributed by atoms with Crippen molar-refractivity contribution in [3.63, 3.8) is 0 Å². The highest BCUT2D eigenvalue weighted by Gasteiger charge is 2.07. The first-order chi connectivity index (χ1) is 6.59. The van der Waals surface area contributed by atoms with Crippen molar-refractivity contribution >= 4 is 38.4 Å². The third-order valence-electron chi connectivity index (χ3n) is 1.88. The minimum absolute atomic E-state index is 0.0545. The summed E-state index contributed by atoms with van der Waals surface area (Å²) < 4.78 is 13.4. The number of benzene rings is 1. The van der Waals surface area contributed by atoms with Crippen molar-refractivity contribution in [2.24, 2.45) is 0 Å². The molecule has 0 saturated heterocycles. The fourth-order valence-electron chi connectivity index (χ4n) is 1.19. The summed E-state index contributed by atoms with van der Waals surface area (Å²) in [6.07, 6.45) is 1.47. The van der Waals surface area contributed by atoms with Crippen molar-refractivity contribution in [3.05, 3.63) is 43.9 Å². The SMILES string of the molecule is O=c1c(Br)c[nH]c2cc(F)c(Cl)cc12. The van der Waals surface area contributed by atoms with Gasteiger partial charge in [0.2, 0.25) is 5.43 Å².